The highest BCUT2D eigenvalue weighted by Crippen LogP contribution is 2.17. The Bertz CT molecular complexity index is 907. The Kier molecular flexibility index (Phi) is 7.98. The van der Waals surface area contributed by atoms with E-state index >= 15 is 0 Å². The average molecular weight is 412 g/mol. The third kappa shape index (κ3) is 6.92. The zero-order valence-electron chi connectivity index (χ0n) is 18.0. The van der Waals surface area contributed by atoms with Crippen LogP contribution in [0.15, 0.2) is 42.5 Å². The van der Waals surface area contributed by atoms with Crippen molar-refractivity contribution in [2.24, 2.45) is 0 Å². The first-order chi connectivity index (χ1) is 14.2. The Morgan fingerprint density at radius 1 is 0.967 bits per heavy atom. The van der Waals surface area contributed by atoms with Crippen LogP contribution in [0.3, 0.4) is 0 Å². The highest BCUT2D eigenvalue weighted by Gasteiger charge is 2.19. The molecule has 7 heteroatoms. The van der Waals surface area contributed by atoms with Crippen LogP contribution in [-0.2, 0) is 16.1 Å². The Balaban J connectivity index is 1.88. The summed E-state index contributed by atoms with van der Waals surface area (Å²) in [6.45, 7) is 9.50. The second-order valence-electron chi connectivity index (χ2n) is 7.53. The first kappa shape index (κ1) is 22.9. The number of amides is 3. The fourth-order valence-corrected chi connectivity index (χ4v) is 2.72. The van der Waals surface area contributed by atoms with E-state index in [2.05, 4.69) is 16.0 Å². The lowest BCUT2D eigenvalue weighted by Crippen LogP contribution is -2.39. The number of carbonyl (C=O) groups excluding carboxylic acids is 3. The van der Waals surface area contributed by atoms with E-state index in [1.807, 2.05) is 45.9 Å². The molecule has 0 heterocycles. The van der Waals surface area contributed by atoms with Gasteiger partial charge in [-0.25, -0.2) is 9.59 Å². The molecule has 0 radical (unpaired) electrons. The van der Waals surface area contributed by atoms with Crippen molar-refractivity contribution in [2.45, 2.75) is 53.3 Å². The standard InChI is InChI=1S/C23H29N3O4/c1-14(2)25-23(29)24-13-18-7-9-19(10-8-18)22(28)30-17(5)21(27)26-20-11-6-15(3)12-16(20)4/h6-12,14,17H,13H2,1-5H3,(H,26,27)(H2,24,25,29)/t17-/m0/s1. The topological polar surface area (TPSA) is 96.5 Å². The van der Waals surface area contributed by atoms with Gasteiger partial charge in [0.25, 0.3) is 5.91 Å². The van der Waals surface area contributed by atoms with Gasteiger partial charge < -0.3 is 20.7 Å². The number of carbonyl (C=O) groups is 3. The lowest BCUT2D eigenvalue weighted by atomic mass is 10.1. The zero-order valence-corrected chi connectivity index (χ0v) is 18.0. The molecule has 0 bridgehead atoms. The van der Waals surface area contributed by atoms with Crippen LogP contribution < -0.4 is 16.0 Å². The van der Waals surface area contributed by atoms with Crippen molar-refractivity contribution >= 4 is 23.6 Å². The van der Waals surface area contributed by atoms with Gasteiger partial charge in [0.1, 0.15) is 0 Å². The second-order valence-corrected chi connectivity index (χ2v) is 7.53. The maximum absolute atomic E-state index is 12.4. The van der Waals surface area contributed by atoms with Crippen LogP contribution in [0.4, 0.5) is 10.5 Å². The molecule has 2 aromatic carbocycles. The van der Waals surface area contributed by atoms with Gasteiger partial charge in [0.05, 0.1) is 5.56 Å². The number of aryl methyl sites for hydroxylation is 2. The summed E-state index contributed by atoms with van der Waals surface area (Å²) in [5.41, 5.74) is 3.90. The average Bonchev–Trinajstić information content (AvgIpc) is 2.68. The summed E-state index contributed by atoms with van der Waals surface area (Å²) < 4.78 is 5.29. The molecule has 30 heavy (non-hydrogen) atoms. The fourth-order valence-electron chi connectivity index (χ4n) is 2.72. The summed E-state index contributed by atoms with van der Waals surface area (Å²) in [5.74, 6) is -0.984. The van der Waals surface area contributed by atoms with Crippen molar-refractivity contribution < 1.29 is 19.1 Å². The molecule has 160 valence electrons. The molecule has 0 saturated carbocycles. The minimum Gasteiger partial charge on any atom is -0.449 e. The van der Waals surface area contributed by atoms with Gasteiger partial charge in [-0.2, -0.15) is 0 Å². The smallest absolute Gasteiger partial charge is 0.338 e. The van der Waals surface area contributed by atoms with E-state index in [0.717, 1.165) is 16.7 Å². The number of rotatable bonds is 7. The van der Waals surface area contributed by atoms with Crippen molar-refractivity contribution in [3.63, 3.8) is 0 Å². The number of benzene rings is 2. The Hall–Kier alpha value is -3.35. The van der Waals surface area contributed by atoms with E-state index in [-0.39, 0.29) is 12.1 Å². The van der Waals surface area contributed by atoms with Crippen LogP contribution in [0.2, 0.25) is 0 Å². The summed E-state index contributed by atoms with van der Waals surface area (Å²) in [5, 5.41) is 8.26. The van der Waals surface area contributed by atoms with Crippen LogP contribution in [0.1, 0.15) is 47.8 Å². The number of urea groups is 1. The van der Waals surface area contributed by atoms with E-state index in [9.17, 15) is 14.4 Å². The summed E-state index contributed by atoms with van der Waals surface area (Å²) in [6, 6.07) is 12.2. The molecule has 3 N–H and O–H groups in total. The third-order valence-electron chi connectivity index (χ3n) is 4.36. The van der Waals surface area contributed by atoms with E-state index in [0.29, 0.717) is 17.8 Å². The molecule has 0 aliphatic carbocycles. The van der Waals surface area contributed by atoms with Crippen LogP contribution in [0.25, 0.3) is 0 Å². The van der Waals surface area contributed by atoms with Gasteiger partial charge in [0, 0.05) is 18.3 Å². The molecule has 0 aliphatic heterocycles. The monoisotopic (exact) mass is 411 g/mol. The van der Waals surface area contributed by atoms with E-state index in [1.165, 1.54) is 6.92 Å². The zero-order chi connectivity index (χ0) is 22.3. The maximum Gasteiger partial charge on any atom is 0.338 e. The molecule has 7 nitrogen and oxygen atoms in total. The van der Waals surface area contributed by atoms with E-state index in [1.54, 1.807) is 24.3 Å². The molecular weight excluding hydrogens is 382 g/mol. The molecule has 0 aliphatic rings. The molecule has 2 rings (SSSR count). The minimum atomic E-state index is -0.945. The fraction of sp³-hybridized carbons (Fsp3) is 0.348. The third-order valence-corrected chi connectivity index (χ3v) is 4.36. The van der Waals surface area contributed by atoms with E-state index in [4.69, 9.17) is 4.74 Å². The Morgan fingerprint density at radius 2 is 1.63 bits per heavy atom. The molecule has 0 fully saturated rings. The molecule has 2 aromatic rings. The normalized spacial score (nSPS) is 11.5. The van der Waals surface area contributed by atoms with Gasteiger partial charge in [-0.05, 0) is 63.9 Å². The number of hydrogen-bond acceptors (Lipinski definition) is 4. The maximum atomic E-state index is 12.4. The molecule has 0 saturated heterocycles. The number of ether oxygens (including phenoxy) is 1. The van der Waals surface area contributed by atoms with Crippen molar-refractivity contribution in [3.05, 3.63) is 64.7 Å². The quantitative estimate of drug-likeness (QED) is 0.605. The molecule has 3 amide bonds. The highest BCUT2D eigenvalue weighted by molar-refractivity contribution is 5.97. The lowest BCUT2D eigenvalue weighted by molar-refractivity contribution is -0.123. The van der Waals surface area contributed by atoms with Crippen LogP contribution in [0, 0.1) is 13.8 Å². The number of hydrogen-bond donors (Lipinski definition) is 3. The number of nitrogens with one attached hydrogen (secondary N) is 3. The number of anilines is 1. The Labute approximate surface area is 177 Å². The first-order valence-corrected chi connectivity index (χ1v) is 9.88. The van der Waals surface area contributed by atoms with Gasteiger partial charge >= 0.3 is 12.0 Å². The minimum absolute atomic E-state index is 0.0521. The predicted molar refractivity (Wildman–Crippen MR) is 116 cm³/mol. The second kappa shape index (κ2) is 10.4. The van der Waals surface area contributed by atoms with Gasteiger partial charge in [-0.3, -0.25) is 4.79 Å². The van der Waals surface area contributed by atoms with E-state index < -0.39 is 18.0 Å². The van der Waals surface area contributed by atoms with Gasteiger partial charge in [0.15, 0.2) is 6.10 Å². The predicted octanol–water partition coefficient (Wildman–Crippen LogP) is 3.70. The molecule has 1 atom stereocenters. The Morgan fingerprint density at radius 3 is 2.23 bits per heavy atom. The van der Waals surface area contributed by atoms with Crippen LogP contribution in [-0.4, -0.2) is 30.1 Å². The summed E-state index contributed by atoms with van der Waals surface area (Å²) in [6.07, 6.45) is -0.945. The number of esters is 1. The first-order valence-electron chi connectivity index (χ1n) is 9.88. The highest BCUT2D eigenvalue weighted by atomic mass is 16.5. The van der Waals surface area contributed by atoms with Gasteiger partial charge in [-0.1, -0.05) is 29.8 Å². The molecular formula is C23H29N3O4. The molecule has 0 unspecified atom stereocenters. The summed E-state index contributed by atoms with van der Waals surface area (Å²) >= 11 is 0. The van der Waals surface area contributed by atoms with Gasteiger partial charge in [0.2, 0.25) is 0 Å². The van der Waals surface area contributed by atoms with Crippen molar-refractivity contribution in [2.75, 3.05) is 5.32 Å². The summed E-state index contributed by atoms with van der Waals surface area (Å²) in [7, 11) is 0. The van der Waals surface area contributed by atoms with Gasteiger partial charge in [-0.15, -0.1) is 0 Å². The molecule has 0 aromatic heterocycles. The van der Waals surface area contributed by atoms with Crippen molar-refractivity contribution in [3.8, 4) is 0 Å². The molecule has 0 spiro atoms. The largest absolute Gasteiger partial charge is 0.449 e. The van der Waals surface area contributed by atoms with Crippen molar-refractivity contribution in [1.29, 1.82) is 0 Å². The van der Waals surface area contributed by atoms with Crippen LogP contribution in [0.5, 0.6) is 0 Å². The lowest BCUT2D eigenvalue weighted by Gasteiger charge is -2.15. The van der Waals surface area contributed by atoms with Crippen molar-refractivity contribution in [1.82, 2.24) is 10.6 Å². The van der Waals surface area contributed by atoms with Crippen LogP contribution >= 0.6 is 0 Å². The SMILES string of the molecule is Cc1ccc(NC(=O)[C@H](C)OC(=O)c2ccc(CNC(=O)NC(C)C)cc2)c(C)c1. The summed E-state index contributed by atoms with van der Waals surface area (Å²) in [4.78, 5) is 36.3.